The molecule has 21 heavy (non-hydrogen) atoms. The first-order chi connectivity index (χ1) is 9.90. The van der Waals surface area contributed by atoms with Crippen LogP contribution in [0.15, 0.2) is 18.2 Å². The maximum Gasteiger partial charge on any atom is 0.262 e. The topological polar surface area (TPSA) is 56.2 Å². The van der Waals surface area contributed by atoms with Crippen molar-refractivity contribution in [1.29, 1.82) is 0 Å². The fourth-order valence-electron chi connectivity index (χ4n) is 1.87. The fraction of sp³-hybridized carbons (Fsp3) is 0.286. The molecule has 0 saturated heterocycles. The minimum Gasteiger partial charge on any atom is -0.482 e. The van der Waals surface area contributed by atoms with E-state index < -0.39 is 0 Å². The Morgan fingerprint density at radius 2 is 2.10 bits per heavy atom. The molecule has 1 N–H and O–H groups in total. The summed E-state index contributed by atoms with van der Waals surface area (Å²) in [6, 6.07) is 5.01. The Labute approximate surface area is 132 Å². The minimum atomic E-state index is -0.287. The monoisotopic (exact) mass is 327 g/mol. The van der Waals surface area contributed by atoms with Gasteiger partial charge in [0.15, 0.2) is 6.61 Å². The highest BCUT2D eigenvalue weighted by molar-refractivity contribution is 6.42. The van der Waals surface area contributed by atoms with Gasteiger partial charge < -0.3 is 10.1 Å². The normalized spacial score (nSPS) is 10.5. The molecule has 1 aromatic heterocycles. The third kappa shape index (κ3) is 3.49. The lowest BCUT2D eigenvalue weighted by molar-refractivity contribution is -0.118. The maximum atomic E-state index is 11.9. The number of hydrogen-bond donors (Lipinski definition) is 1. The Hall–Kier alpha value is -1.72. The molecule has 7 heteroatoms. The number of aryl methyl sites for hydroxylation is 2. The first-order valence-corrected chi connectivity index (χ1v) is 7.02. The highest BCUT2D eigenvalue weighted by Gasteiger charge is 2.13. The van der Waals surface area contributed by atoms with E-state index in [0.29, 0.717) is 21.5 Å². The third-order valence-corrected chi connectivity index (χ3v) is 3.85. The second-order valence-electron chi connectivity index (χ2n) is 4.56. The van der Waals surface area contributed by atoms with Crippen molar-refractivity contribution in [2.75, 3.05) is 11.9 Å². The molecule has 0 fully saturated rings. The number of hydrogen-bond acceptors (Lipinski definition) is 3. The standard InChI is InChI=1S/C14H15Cl2N3O2/c1-8-14(9(2)19(3)18-8)17-12(20)7-21-11-6-4-5-10(15)13(11)16/h4-6H,7H2,1-3H3,(H,17,20). The van der Waals surface area contributed by atoms with E-state index in [-0.39, 0.29) is 12.5 Å². The summed E-state index contributed by atoms with van der Waals surface area (Å²) in [5.74, 6) is 0.0872. The Morgan fingerprint density at radius 3 is 2.71 bits per heavy atom. The van der Waals surface area contributed by atoms with E-state index in [9.17, 15) is 4.79 Å². The Kier molecular flexibility index (Phi) is 4.75. The van der Waals surface area contributed by atoms with Gasteiger partial charge in [-0.2, -0.15) is 5.10 Å². The predicted octanol–water partition coefficient (Wildman–Crippen LogP) is 3.36. The molecule has 5 nitrogen and oxygen atoms in total. The van der Waals surface area contributed by atoms with Crippen LogP contribution in [0.2, 0.25) is 10.0 Å². The zero-order valence-electron chi connectivity index (χ0n) is 11.9. The van der Waals surface area contributed by atoms with Gasteiger partial charge in [-0.25, -0.2) is 0 Å². The second kappa shape index (κ2) is 6.37. The van der Waals surface area contributed by atoms with Crippen molar-refractivity contribution in [2.24, 2.45) is 7.05 Å². The molecule has 0 spiro atoms. The number of carbonyl (C=O) groups is 1. The molecule has 1 amide bonds. The SMILES string of the molecule is Cc1nn(C)c(C)c1NC(=O)COc1cccc(Cl)c1Cl. The number of anilines is 1. The van der Waals surface area contributed by atoms with Crippen LogP contribution in [0.1, 0.15) is 11.4 Å². The summed E-state index contributed by atoms with van der Waals surface area (Å²) in [6.07, 6.45) is 0. The van der Waals surface area contributed by atoms with Crippen LogP contribution < -0.4 is 10.1 Å². The second-order valence-corrected chi connectivity index (χ2v) is 5.34. The van der Waals surface area contributed by atoms with Crippen LogP contribution >= 0.6 is 23.2 Å². The molecular formula is C14H15Cl2N3O2. The summed E-state index contributed by atoms with van der Waals surface area (Å²) in [5, 5.41) is 7.69. The third-order valence-electron chi connectivity index (χ3n) is 3.05. The number of carbonyl (C=O) groups excluding carboxylic acids is 1. The highest BCUT2D eigenvalue weighted by atomic mass is 35.5. The van der Waals surface area contributed by atoms with E-state index >= 15 is 0 Å². The van der Waals surface area contributed by atoms with Crippen LogP contribution in [0.25, 0.3) is 0 Å². The molecule has 0 atom stereocenters. The van der Waals surface area contributed by atoms with E-state index in [2.05, 4.69) is 10.4 Å². The van der Waals surface area contributed by atoms with Gasteiger partial charge in [-0.15, -0.1) is 0 Å². The van der Waals surface area contributed by atoms with Gasteiger partial charge in [0.2, 0.25) is 0 Å². The van der Waals surface area contributed by atoms with Crippen molar-refractivity contribution in [3.63, 3.8) is 0 Å². The molecule has 0 aliphatic rings. The van der Waals surface area contributed by atoms with Crippen molar-refractivity contribution in [3.05, 3.63) is 39.6 Å². The summed E-state index contributed by atoms with van der Waals surface area (Å²) in [4.78, 5) is 11.9. The van der Waals surface area contributed by atoms with Crippen LogP contribution in [0.3, 0.4) is 0 Å². The van der Waals surface area contributed by atoms with E-state index in [4.69, 9.17) is 27.9 Å². The number of amides is 1. The maximum absolute atomic E-state index is 11.9. The smallest absolute Gasteiger partial charge is 0.262 e. The summed E-state index contributed by atoms with van der Waals surface area (Å²) >= 11 is 11.9. The van der Waals surface area contributed by atoms with Gasteiger partial charge in [0, 0.05) is 7.05 Å². The van der Waals surface area contributed by atoms with E-state index in [1.165, 1.54) is 0 Å². The van der Waals surface area contributed by atoms with E-state index in [0.717, 1.165) is 11.4 Å². The molecule has 112 valence electrons. The first-order valence-electron chi connectivity index (χ1n) is 6.27. The Bertz CT molecular complexity index is 683. The van der Waals surface area contributed by atoms with E-state index in [1.807, 2.05) is 20.9 Å². The molecule has 0 aliphatic carbocycles. The Balaban J connectivity index is 2.01. The van der Waals surface area contributed by atoms with Crippen LogP contribution in [-0.2, 0) is 11.8 Å². The van der Waals surface area contributed by atoms with Crippen LogP contribution in [0.4, 0.5) is 5.69 Å². The summed E-state index contributed by atoms with van der Waals surface area (Å²) < 4.78 is 7.09. The molecule has 2 aromatic rings. The van der Waals surface area contributed by atoms with Gasteiger partial charge in [0.05, 0.1) is 22.1 Å². The number of halogens is 2. The highest BCUT2D eigenvalue weighted by Crippen LogP contribution is 2.31. The predicted molar refractivity (Wildman–Crippen MR) is 83.3 cm³/mol. The number of aromatic nitrogens is 2. The lowest BCUT2D eigenvalue weighted by atomic mass is 10.3. The number of benzene rings is 1. The van der Waals surface area contributed by atoms with Crippen LogP contribution in [0, 0.1) is 13.8 Å². The molecule has 0 radical (unpaired) electrons. The van der Waals surface area contributed by atoms with E-state index in [1.54, 1.807) is 22.9 Å². The number of nitrogens with one attached hydrogen (secondary N) is 1. The summed E-state index contributed by atoms with van der Waals surface area (Å²) in [5.41, 5.74) is 2.33. The lowest BCUT2D eigenvalue weighted by Gasteiger charge is -2.09. The van der Waals surface area contributed by atoms with Gasteiger partial charge >= 0.3 is 0 Å². The molecule has 1 heterocycles. The Morgan fingerprint density at radius 1 is 1.38 bits per heavy atom. The van der Waals surface area contributed by atoms with Crippen molar-refractivity contribution >= 4 is 34.8 Å². The quantitative estimate of drug-likeness (QED) is 0.936. The average Bonchev–Trinajstić information content (AvgIpc) is 2.67. The zero-order valence-corrected chi connectivity index (χ0v) is 13.4. The molecule has 2 rings (SSSR count). The molecule has 0 bridgehead atoms. The number of nitrogens with zero attached hydrogens (tertiary/aromatic N) is 2. The van der Waals surface area contributed by atoms with Crippen molar-refractivity contribution in [1.82, 2.24) is 9.78 Å². The first kappa shape index (κ1) is 15.7. The molecule has 0 saturated carbocycles. The number of ether oxygens (including phenoxy) is 1. The largest absolute Gasteiger partial charge is 0.482 e. The van der Waals surface area contributed by atoms with Gasteiger partial charge in [0.25, 0.3) is 5.91 Å². The van der Waals surface area contributed by atoms with Crippen LogP contribution in [0.5, 0.6) is 5.75 Å². The lowest BCUT2D eigenvalue weighted by Crippen LogP contribution is -2.21. The van der Waals surface area contributed by atoms with Crippen molar-refractivity contribution in [3.8, 4) is 5.75 Å². The van der Waals surface area contributed by atoms with Crippen LogP contribution in [-0.4, -0.2) is 22.3 Å². The van der Waals surface area contributed by atoms with Gasteiger partial charge in [0.1, 0.15) is 10.8 Å². The molecule has 0 unspecified atom stereocenters. The van der Waals surface area contributed by atoms with Gasteiger partial charge in [-0.1, -0.05) is 29.3 Å². The van der Waals surface area contributed by atoms with Crippen molar-refractivity contribution < 1.29 is 9.53 Å². The average molecular weight is 328 g/mol. The molecular weight excluding hydrogens is 313 g/mol. The van der Waals surface area contributed by atoms with Gasteiger partial charge in [-0.05, 0) is 26.0 Å². The molecule has 1 aromatic carbocycles. The van der Waals surface area contributed by atoms with Crippen molar-refractivity contribution in [2.45, 2.75) is 13.8 Å². The summed E-state index contributed by atoms with van der Waals surface area (Å²) in [6.45, 7) is 3.55. The summed E-state index contributed by atoms with van der Waals surface area (Å²) in [7, 11) is 1.82. The van der Waals surface area contributed by atoms with Gasteiger partial charge in [-0.3, -0.25) is 9.48 Å². The molecule has 0 aliphatic heterocycles. The zero-order chi connectivity index (χ0) is 15.6. The fourth-order valence-corrected chi connectivity index (χ4v) is 2.22. The minimum absolute atomic E-state index is 0.159. The number of rotatable bonds is 4.